The third kappa shape index (κ3) is 1.67. The summed E-state index contributed by atoms with van der Waals surface area (Å²) in [5, 5.41) is 14.0. The van der Waals surface area contributed by atoms with Gasteiger partial charge in [-0.05, 0) is 36.5 Å². The van der Waals surface area contributed by atoms with Gasteiger partial charge in [0.05, 0.1) is 10.6 Å². The molecule has 1 aliphatic carbocycles. The van der Waals surface area contributed by atoms with Gasteiger partial charge in [-0.15, -0.1) is 5.11 Å². The van der Waals surface area contributed by atoms with E-state index in [1.54, 1.807) is 6.07 Å². The van der Waals surface area contributed by atoms with Gasteiger partial charge in [0.2, 0.25) is 0 Å². The van der Waals surface area contributed by atoms with Crippen molar-refractivity contribution < 1.29 is 4.39 Å². The van der Waals surface area contributed by atoms with E-state index in [0.717, 1.165) is 30.4 Å². The van der Waals surface area contributed by atoms with Gasteiger partial charge in [-0.25, -0.2) is 4.39 Å². The molecule has 16 heavy (non-hydrogen) atoms. The summed E-state index contributed by atoms with van der Waals surface area (Å²) in [5.74, 6) is 3.97. The molecule has 0 heterocycles. The fourth-order valence-corrected chi connectivity index (χ4v) is 2.26. The highest BCUT2D eigenvalue weighted by atomic mass is 35.5. The molecule has 1 aromatic rings. The van der Waals surface area contributed by atoms with E-state index in [0.29, 0.717) is 0 Å². The maximum Gasteiger partial charge on any atom is 0.179 e. The predicted octanol–water partition coefficient (Wildman–Crippen LogP) is 2.62. The zero-order chi connectivity index (χ0) is 11.7. The van der Waals surface area contributed by atoms with Gasteiger partial charge >= 0.3 is 0 Å². The van der Waals surface area contributed by atoms with Crippen molar-refractivity contribution in [2.75, 3.05) is 0 Å². The Morgan fingerprint density at radius 1 is 1.50 bits per heavy atom. The monoisotopic (exact) mass is 240 g/mol. The first-order valence-corrected chi connectivity index (χ1v) is 5.22. The van der Waals surface area contributed by atoms with Crippen LogP contribution < -0.4 is 5.84 Å². The Hall–Kier alpha value is -1.49. The highest BCUT2D eigenvalue weighted by Gasteiger charge is 2.23. The summed E-state index contributed by atoms with van der Waals surface area (Å²) in [6.07, 6.45) is 2.53. The lowest BCUT2D eigenvalue weighted by molar-refractivity contribution is 0.623. The number of aryl methyl sites for hydroxylation is 1. The van der Waals surface area contributed by atoms with E-state index in [9.17, 15) is 4.39 Å². The summed E-state index contributed by atoms with van der Waals surface area (Å²) < 4.78 is 13.8. The van der Waals surface area contributed by atoms with Crippen LogP contribution in [0.5, 0.6) is 0 Å². The molecule has 0 aliphatic heterocycles. The van der Waals surface area contributed by atoms with Gasteiger partial charge in [0.1, 0.15) is 0 Å². The minimum Gasteiger partial charge on any atom is -0.305 e. The first-order valence-electron chi connectivity index (χ1n) is 4.84. The van der Waals surface area contributed by atoms with E-state index in [2.05, 4.69) is 10.3 Å². The molecule has 0 spiro atoms. The van der Waals surface area contributed by atoms with Crippen molar-refractivity contribution in [3.8, 4) is 0 Å². The lowest BCUT2D eigenvalue weighted by Crippen LogP contribution is -2.06. The van der Waals surface area contributed by atoms with Crippen molar-refractivity contribution in [2.24, 2.45) is 16.2 Å². The number of halogens is 2. The minimum absolute atomic E-state index is 0.0209. The zero-order valence-corrected chi connectivity index (χ0v) is 9.18. The largest absolute Gasteiger partial charge is 0.305 e. The number of amidine groups is 1. The zero-order valence-electron chi connectivity index (χ0n) is 8.43. The van der Waals surface area contributed by atoms with Crippen LogP contribution in [0, 0.1) is 11.2 Å². The van der Waals surface area contributed by atoms with Gasteiger partial charge in [0, 0.05) is 0 Å². The molecule has 3 N–H and O–H groups in total. The number of nitrogens with one attached hydrogen (secondary N) is 1. The van der Waals surface area contributed by atoms with Crippen LogP contribution in [0.4, 0.5) is 4.39 Å². The minimum atomic E-state index is -0.611. The van der Waals surface area contributed by atoms with Gasteiger partial charge in [-0.3, -0.25) is 5.41 Å². The van der Waals surface area contributed by atoms with Crippen molar-refractivity contribution in [1.29, 1.82) is 5.41 Å². The molecule has 1 aliphatic rings. The van der Waals surface area contributed by atoms with Crippen LogP contribution in [0.3, 0.4) is 0 Å². The molecular formula is C10H10ClFN4. The number of hydrogen-bond donors (Lipinski definition) is 2. The highest BCUT2D eigenvalue weighted by molar-refractivity contribution is 6.31. The van der Waals surface area contributed by atoms with Crippen molar-refractivity contribution in [2.45, 2.75) is 19.3 Å². The molecule has 0 saturated carbocycles. The maximum atomic E-state index is 13.8. The van der Waals surface area contributed by atoms with Crippen molar-refractivity contribution in [1.82, 2.24) is 0 Å². The van der Waals surface area contributed by atoms with Crippen LogP contribution in [-0.4, -0.2) is 5.84 Å². The fourth-order valence-electron chi connectivity index (χ4n) is 2.03. The van der Waals surface area contributed by atoms with E-state index in [-0.39, 0.29) is 16.4 Å². The summed E-state index contributed by atoms with van der Waals surface area (Å²) in [4.78, 5) is 0. The van der Waals surface area contributed by atoms with Crippen LogP contribution in [0.2, 0.25) is 5.02 Å². The highest BCUT2D eigenvalue weighted by Crippen LogP contribution is 2.32. The Labute approximate surface area is 96.8 Å². The van der Waals surface area contributed by atoms with Crippen molar-refractivity contribution in [3.05, 3.63) is 33.6 Å². The third-order valence-corrected chi connectivity index (χ3v) is 2.96. The quantitative estimate of drug-likeness (QED) is 0.256. The predicted molar refractivity (Wildman–Crippen MR) is 59.3 cm³/mol. The molecular weight excluding hydrogens is 231 g/mol. The van der Waals surface area contributed by atoms with Gasteiger partial charge in [-0.2, -0.15) is 0 Å². The number of nitrogens with two attached hydrogens (primary N) is 1. The molecule has 4 nitrogen and oxygen atoms in total. The van der Waals surface area contributed by atoms with E-state index in [1.807, 2.05) is 0 Å². The van der Waals surface area contributed by atoms with Gasteiger partial charge in [0.15, 0.2) is 11.7 Å². The van der Waals surface area contributed by atoms with Crippen LogP contribution >= 0.6 is 11.6 Å². The SMILES string of the molecule is N=C(N=NN)c1c(F)c(Cl)cc2c1CCC2. The van der Waals surface area contributed by atoms with E-state index in [1.165, 1.54) is 0 Å². The lowest BCUT2D eigenvalue weighted by Gasteiger charge is -2.09. The maximum absolute atomic E-state index is 13.8. The Balaban J connectivity index is 2.63. The van der Waals surface area contributed by atoms with Crippen molar-refractivity contribution >= 4 is 17.4 Å². The number of hydrogen-bond acceptors (Lipinski definition) is 2. The summed E-state index contributed by atoms with van der Waals surface area (Å²) in [6, 6.07) is 1.62. The standard InChI is InChI=1S/C10H10ClFN4/c11-7-4-5-2-1-3-6(5)8(9(7)12)10(13)15-16-14/h4H,1-3H2,(H3,13,14,15). The normalized spacial score (nSPS) is 14.4. The molecule has 0 fully saturated rings. The molecule has 0 atom stereocenters. The van der Waals surface area contributed by atoms with Gasteiger partial charge < -0.3 is 5.84 Å². The van der Waals surface area contributed by atoms with E-state index >= 15 is 0 Å². The summed E-state index contributed by atoms with van der Waals surface area (Å²) in [5.41, 5.74) is 1.92. The second kappa shape index (κ2) is 4.17. The summed E-state index contributed by atoms with van der Waals surface area (Å²) in [6.45, 7) is 0. The van der Waals surface area contributed by atoms with Crippen LogP contribution in [0.15, 0.2) is 16.4 Å². The second-order valence-corrected chi connectivity index (χ2v) is 4.01. The van der Waals surface area contributed by atoms with Crippen LogP contribution in [-0.2, 0) is 12.8 Å². The topological polar surface area (TPSA) is 74.6 Å². The molecule has 0 saturated heterocycles. The lowest BCUT2D eigenvalue weighted by atomic mass is 10.0. The first kappa shape index (κ1) is 11.0. The van der Waals surface area contributed by atoms with E-state index in [4.69, 9.17) is 22.9 Å². The summed E-state index contributed by atoms with van der Waals surface area (Å²) in [7, 11) is 0. The Bertz CT molecular complexity index is 484. The molecule has 0 aromatic heterocycles. The number of benzene rings is 1. The molecule has 0 unspecified atom stereocenters. The first-order chi connectivity index (χ1) is 7.65. The number of rotatable bonds is 1. The van der Waals surface area contributed by atoms with Gasteiger partial charge in [-0.1, -0.05) is 16.8 Å². The fraction of sp³-hybridized carbons (Fsp3) is 0.300. The second-order valence-electron chi connectivity index (χ2n) is 3.60. The molecule has 0 radical (unpaired) electrons. The molecule has 6 heteroatoms. The number of fused-ring (bicyclic) bond motifs is 1. The van der Waals surface area contributed by atoms with Crippen molar-refractivity contribution in [3.63, 3.8) is 0 Å². The molecule has 1 aromatic carbocycles. The Morgan fingerprint density at radius 3 is 2.94 bits per heavy atom. The molecule has 2 rings (SSSR count). The average Bonchev–Trinajstić information content (AvgIpc) is 2.67. The average molecular weight is 241 g/mol. The molecule has 84 valence electrons. The van der Waals surface area contributed by atoms with E-state index < -0.39 is 5.82 Å². The smallest absolute Gasteiger partial charge is 0.179 e. The summed E-state index contributed by atoms with van der Waals surface area (Å²) >= 11 is 5.77. The Kier molecular flexibility index (Phi) is 2.87. The third-order valence-electron chi connectivity index (χ3n) is 2.69. The Morgan fingerprint density at radius 2 is 2.25 bits per heavy atom. The number of nitrogens with zero attached hydrogens (tertiary/aromatic N) is 2. The molecule has 0 amide bonds. The van der Waals surface area contributed by atoms with Gasteiger partial charge in [0.25, 0.3) is 0 Å². The molecule has 0 bridgehead atoms. The van der Waals surface area contributed by atoms with Crippen LogP contribution in [0.25, 0.3) is 0 Å². The van der Waals surface area contributed by atoms with Crippen LogP contribution in [0.1, 0.15) is 23.1 Å².